The Morgan fingerprint density at radius 1 is 1.17 bits per heavy atom. The van der Waals surface area contributed by atoms with Crippen LogP contribution in [0.4, 0.5) is 0 Å². The lowest BCUT2D eigenvalue weighted by molar-refractivity contribution is -0.186. The van der Waals surface area contributed by atoms with Gasteiger partial charge in [-0.15, -0.1) is 0 Å². The Bertz CT molecular complexity index is 200. The maximum Gasteiger partial charge on any atom is 0.145 e. The molecule has 0 aromatic rings. The first-order valence-electron chi connectivity index (χ1n) is 4.09. The van der Waals surface area contributed by atoms with Gasteiger partial charge in [0, 0.05) is 6.04 Å². The number of fused-ring (bicyclic) bond motifs is 2. The second-order valence-corrected chi connectivity index (χ2v) is 3.64. The molecule has 2 heterocycles. The summed E-state index contributed by atoms with van der Waals surface area (Å²) in [5, 5.41) is 40.4. The Hall–Kier alpha value is -0.200. The number of nitrogens with one attached hydrogen (secondary N) is 1. The van der Waals surface area contributed by atoms with E-state index in [9.17, 15) is 20.4 Å². The first-order chi connectivity index (χ1) is 5.54. The number of hydrogen-bond acceptors (Lipinski definition) is 5. The number of rotatable bonds is 0. The van der Waals surface area contributed by atoms with Crippen LogP contribution in [0, 0.1) is 0 Å². The molecule has 0 aliphatic carbocycles. The van der Waals surface area contributed by atoms with E-state index in [4.69, 9.17) is 0 Å². The minimum absolute atomic E-state index is 0.298. The van der Waals surface area contributed by atoms with Gasteiger partial charge in [-0.05, 0) is 12.8 Å². The van der Waals surface area contributed by atoms with Crippen molar-refractivity contribution in [2.45, 2.75) is 42.9 Å². The lowest BCUT2D eigenvalue weighted by Crippen LogP contribution is -2.67. The van der Waals surface area contributed by atoms with E-state index in [-0.39, 0.29) is 6.04 Å². The van der Waals surface area contributed by atoms with Crippen LogP contribution in [0.5, 0.6) is 0 Å². The molecule has 12 heavy (non-hydrogen) atoms. The Balaban J connectivity index is 2.25. The molecule has 2 rings (SSSR count). The highest BCUT2D eigenvalue weighted by Crippen LogP contribution is 2.34. The summed E-state index contributed by atoms with van der Waals surface area (Å²) in [7, 11) is 0. The van der Waals surface area contributed by atoms with Gasteiger partial charge < -0.3 is 20.4 Å². The quantitative estimate of drug-likeness (QED) is 0.281. The normalized spacial score (nSPS) is 59.0. The maximum atomic E-state index is 9.65. The van der Waals surface area contributed by atoms with Crippen molar-refractivity contribution in [1.82, 2.24) is 5.32 Å². The molecule has 70 valence electrons. The molecule has 2 aliphatic rings. The van der Waals surface area contributed by atoms with Gasteiger partial charge in [-0.3, -0.25) is 5.32 Å². The summed E-state index contributed by atoms with van der Waals surface area (Å²) in [5.74, 6) is 0. The summed E-state index contributed by atoms with van der Waals surface area (Å²) < 4.78 is 0. The molecule has 0 aromatic carbocycles. The minimum atomic E-state index is -1.40. The van der Waals surface area contributed by atoms with E-state index in [0.717, 1.165) is 0 Å². The molecule has 0 spiro atoms. The molecular weight excluding hydrogens is 162 g/mol. The average Bonchev–Trinajstić information content (AvgIpc) is 2.41. The molecule has 2 fully saturated rings. The first kappa shape index (κ1) is 8.40. The number of aliphatic hydroxyl groups excluding tert-OH is 3. The van der Waals surface area contributed by atoms with Crippen molar-refractivity contribution in [2.75, 3.05) is 0 Å². The van der Waals surface area contributed by atoms with Crippen LogP contribution in [-0.2, 0) is 0 Å². The molecule has 0 radical (unpaired) electrons. The lowest BCUT2D eigenvalue weighted by atomic mass is 9.94. The predicted octanol–water partition coefficient (Wildman–Crippen LogP) is -2.48. The Morgan fingerprint density at radius 2 is 1.83 bits per heavy atom. The van der Waals surface area contributed by atoms with Crippen molar-refractivity contribution >= 4 is 0 Å². The molecule has 5 heteroatoms. The number of aliphatic hydroxyl groups is 4. The molecule has 2 bridgehead atoms. The van der Waals surface area contributed by atoms with Crippen molar-refractivity contribution in [2.24, 2.45) is 0 Å². The van der Waals surface area contributed by atoms with Gasteiger partial charge in [0.15, 0.2) is 0 Å². The van der Waals surface area contributed by atoms with E-state index in [1.165, 1.54) is 0 Å². The Labute approximate surface area is 69.6 Å². The molecular formula is C7H13NO4. The fourth-order valence-electron chi connectivity index (χ4n) is 2.04. The molecule has 0 amide bonds. The molecule has 5 nitrogen and oxygen atoms in total. The summed E-state index contributed by atoms with van der Waals surface area (Å²) in [6.45, 7) is 0. The smallest absolute Gasteiger partial charge is 0.145 e. The van der Waals surface area contributed by atoms with E-state index in [1.807, 2.05) is 0 Å². The molecule has 5 N–H and O–H groups in total. The van der Waals surface area contributed by atoms with Gasteiger partial charge in [-0.25, -0.2) is 0 Å². The van der Waals surface area contributed by atoms with Gasteiger partial charge in [0.1, 0.15) is 17.9 Å². The third-order valence-electron chi connectivity index (χ3n) is 2.85. The zero-order valence-corrected chi connectivity index (χ0v) is 6.51. The van der Waals surface area contributed by atoms with Gasteiger partial charge in [-0.2, -0.15) is 0 Å². The topological polar surface area (TPSA) is 93.0 Å². The molecule has 0 saturated carbocycles. The highest BCUT2D eigenvalue weighted by Gasteiger charge is 2.55. The number of piperidine rings is 1. The van der Waals surface area contributed by atoms with Crippen molar-refractivity contribution in [1.29, 1.82) is 0 Å². The van der Waals surface area contributed by atoms with Crippen LogP contribution in [0.15, 0.2) is 0 Å². The van der Waals surface area contributed by atoms with Crippen molar-refractivity contribution in [3.8, 4) is 0 Å². The molecule has 0 aromatic heterocycles. The predicted molar refractivity (Wildman–Crippen MR) is 39.1 cm³/mol. The first-order valence-corrected chi connectivity index (χ1v) is 4.09. The van der Waals surface area contributed by atoms with Gasteiger partial charge in [0.25, 0.3) is 0 Å². The Morgan fingerprint density at radius 3 is 2.50 bits per heavy atom. The summed E-state index contributed by atoms with van der Waals surface area (Å²) >= 11 is 0. The second-order valence-electron chi connectivity index (χ2n) is 3.64. The van der Waals surface area contributed by atoms with E-state index in [1.54, 1.807) is 0 Å². The van der Waals surface area contributed by atoms with E-state index >= 15 is 0 Å². The van der Waals surface area contributed by atoms with E-state index < -0.39 is 24.0 Å². The largest absolute Gasteiger partial charge is 0.389 e. The molecule has 5 atom stereocenters. The summed E-state index contributed by atoms with van der Waals surface area (Å²) in [5.41, 5.74) is -1.40. The maximum absolute atomic E-state index is 9.65. The Kier molecular flexibility index (Phi) is 1.68. The zero-order valence-electron chi connectivity index (χ0n) is 6.51. The van der Waals surface area contributed by atoms with Gasteiger partial charge in [-0.1, -0.05) is 0 Å². The molecule has 0 unspecified atom stereocenters. The lowest BCUT2D eigenvalue weighted by Gasteiger charge is -2.40. The average molecular weight is 175 g/mol. The zero-order chi connectivity index (χ0) is 8.93. The number of hydrogen-bond donors (Lipinski definition) is 5. The van der Waals surface area contributed by atoms with Crippen LogP contribution < -0.4 is 5.32 Å². The van der Waals surface area contributed by atoms with Crippen LogP contribution in [0.25, 0.3) is 0 Å². The SMILES string of the molecule is O[C@H]1[C@H](O)[C@@H](O)[C@@]2(O)CC[C@@H]1N2. The standard InChI is InChI=1S/C7H13NO4/c9-4-3-1-2-7(12,8-3)6(11)5(4)10/h3-6,8-12H,1-2H2/t3-,4+,5-,6+,7-/m0/s1. The van der Waals surface area contributed by atoms with Crippen LogP contribution in [0.2, 0.25) is 0 Å². The summed E-state index contributed by atoms with van der Waals surface area (Å²) in [6.07, 6.45) is -2.59. The second kappa shape index (κ2) is 2.40. The third-order valence-corrected chi connectivity index (χ3v) is 2.85. The molecule has 2 aliphatic heterocycles. The molecule has 2 saturated heterocycles. The van der Waals surface area contributed by atoms with Crippen molar-refractivity contribution < 1.29 is 20.4 Å². The van der Waals surface area contributed by atoms with Crippen LogP contribution in [0.1, 0.15) is 12.8 Å². The summed E-state index contributed by atoms with van der Waals surface area (Å²) in [4.78, 5) is 0. The van der Waals surface area contributed by atoms with E-state index in [2.05, 4.69) is 5.32 Å². The third kappa shape index (κ3) is 0.915. The fourth-order valence-corrected chi connectivity index (χ4v) is 2.04. The van der Waals surface area contributed by atoms with Crippen LogP contribution >= 0.6 is 0 Å². The van der Waals surface area contributed by atoms with Crippen molar-refractivity contribution in [3.05, 3.63) is 0 Å². The monoisotopic (exact) mass is 175 g/mol. The van der Waals surface area contributed by atoms with Crippen LogP contribution in [-0.4, -0.2) is 50.5 Å². The minimum Gasteiger partial charge on any atom is -0.389 e. The van der Waals surface area contributed by atoms with Crippen LogP contribution in [0.3, 0.4) is 0 Å². The van der Waals surface area contributed by atoms with Gasteiger partial charge in [0.2, 0.25) is 0 Å². The van der Waals surface area contributed by atoms with E-state index in [0.29, 0.717) is 12.8 Å². The van der Waals surface area contributed by atoms with Gasteiger partial charge in [0.05, 0.1) is 6.10 Å². The van der Waals surface area contributed by atoms with Gasteiger partial charge >= 0.3 is 0 Å². The van der Waals surface area contributed by atoms with Crippen molar-refractivity contribution in [3.63, 3.8) is 0 Å². The fraction of sp³-hybridized carbons (Fsp3) is 1.00. The summed E-state index contributed by atoms with van der Waals surface area (Å²) in [6, 6.07) is -0.298. The highest BCUT2D eigenvalue weighted by molar-refractivity contribution is 5.07. The highest BCUT2D eigenvalue weighted by atomic mass is 16.4.